The molecule has 3 nitrogen and oxygen atoms in total. The summed E-state index contributed by atoms with van der Waals surface area (Å²) in [6.45, 7) is 4.97. The zero-order valence-electron chi connectivity index (χ0n) is 9.97. The molecule has 1 aromatic rings. The minimum Gasteiger partial charge on any atom is -0.497 e. The summed E-state index contributed by atoms with van der Waals surface area (Å²) in [5, 5.41) is 0. The third kappa shape index (κ3) is 2.36. The van der Waals surface area contributed by atoms with E-state index in [9.17, 15) is 0 Å². The van der Waals surface area contributed by atoms with Crippen LogP contribution >= 0.6 is 0 Å². The zero-order chi connectivity index (χ0) is 11.5. The van der Waals surface area contributed by atoms with Gasteiger partial charge in [0.2, 0.25) is 0 Å². The van der Waals surface area contributed by atoms with Crippen LogP contribution in [0.2, 0.25) is 0 Å². The summed E-state index contributed by atoms with van der Waals surface area (Å²) >= 11 is 0. The van der Waals surface area contributed by atoms with E-state index in [1.807, 2.05) is 24.3 Å². The maximum absolute atomic E-state index is 5.80. The minimum absolute atomic E-state index is 0.237. The first-order valence-electron chi connectivity index (χ1n) is 5.61. The molecule has 3 heteroatoms. The lowest BCUT2D eigenvalue weighted by Gasteiger charge is -2.33. The van der Waals surface area contributed by atoms with E-state index in [0.29, 0.717) is 5.92 Å². The lowest BCUT2D eigenvalue weighted by molar-refractivity contribution is -0.233. The Bertz CT molecular complexity index is 334. The van der Waals surface area contributed by atoms with Crippen molar-refractivity contribution in [2.75, 3.05) is 13.7 Å². The minimum atomic E-state index is -0.239. The molecule has 88 valence electrons. The second-order valence-electron chi connectivity index (χ2n) is 4.26. The van der Waals surface area contributed by atoms with Gasteiger partial charge in [0.1, 0.15) is 5.75 Å². The van der Waals surface area contributed by atoms with Gasteiger partial charge >= 0.3 is 0 Å². The van der Waals surface area contributed by atoms with Crippen molar-refractivity contribution in [3.63, 3.8) is 0 Å². The standard InChI is InChI=1S/C13H18O3/c1-9-8-15-13(16-10(9)2)11-4-6-12(14-3)7-5-11/h4-7,9-10,13H,8H2,1-3H3/t9-,10+,13?/m0/s1. The van der Waals surface area contributed by atoms with Crippen LogP contribution in [0.5, 0.6) is 5.75 Å². The van der Waals surface area contributed by atoms with Crippen LogP contribution in [-0.2, 0) is 9.47 Å². The van der Waals surface area contributed by atoms with Crippen LogP contribution in [0.1, 0.15) is 25.7 Å². The Morgan fingerprint density at radius 2 is 1.88 bits per heavy atom. The summed E-state index contributed by atoms with van der Waals surface area (Å²) in [4.78, 5) is 0. The molecule has 0 bridgehead atoms. The average Bonchev–Trinajstić information content (AvgIpc) is 2.33. The number of hydrogen-bond donors (Lipinski definition) is 0. The molecule has 0 radical (unpaired) electrons. The van der Waals surface area contributed by atoms with Crippen LogP contribution in [0.15, 0.2) is 24.3 Å². The average molecular weight is 222 g/mol. The first kappa shape index (κ1) is 11.4. The highest BCUT2D eigenvalue weighted by Crippen LogP contribution is 2.29. The molecule has 0 amide bonds. The number of benzene rings is 1. The Kier molecular flexibility index (Phi) is 3.46. The number of methoxy groups -OCH3 is 1. The van der Waals surface area contributed by atoms with Crippen molar-refractivity contribution >= 4 is 0 Å². The van der Waals surface area contributed by atoms with Gasteiger partial charge in [-0.15, -0.1) is 0 Å². The van der Waals surface area contributed by atoms with E-state index in [0.717, 1.165) is 17.9 Å². The van der Waals surface area contributed by atoms with Crippen molar-refractivity contribution in [2.24, 2.45) is 5.92 Å². The molecule has 0 saturated carbocycles. The summed E-state index contributed by atoms with van der Waals surface area (Å²) in [5.74, 6) is 1.30. The molecular formula is C13H18O3. The second-order valence-corrected chi connectivity index (χ2v) is 4.26. The Morgan fingerprint density at radius 1 is 1.19 bits per heavy atom. The van der Waals surface area contributed by atoms with Gasteiger partial charge in [-0.25, -0.2) is 0 Å². The van der Waals surface area contributed by atoms with Crippen LogP contribution in [0, 0.1) is 5.92 Å². The molecule has 1 aliphatic rings. The summed E-state index contributed by atoms with van der Waals surface area (Å²) in [5.41, 5.74) is 1.04. The Morgan fingerprint density at radius 3 is 2.44 bits per heavy atom. The van der Waals surface area contributed by atoms with Gasteiger partial charge in [0, 0.05) is 11.5 Å². The molecule has 2 rings (SSSR count). The molecule has 0 N–H and O–H groups in total. The van der Waals surface area contributed by atoms with Crippen molar-refractivity contribution in [2.45, 2.75) is 26.2 Å². The molecule has 1 aromatic carbocycles. The fraction of sp³-hybridized carbons (Fsp3) is 0.538. The maximum atomic E-state index is 5.80. The molecule has 1 fully saturated rings. The van der Waals surface area contributed by atoms with Gasteiger partial charge in [-0.05, 0) is 19.1 Å². The highest BCUT2D eigenvalue weighted by atomic mass is 16.7. The molecule has 1 unspecified atom stereocenters. The smallest absolute Gasteiger partial charge is 0.184 e. The molecule has 0 spiro atoms. The van der Waals surface area contributed by atoms with Crippen LogP contribution in [0.25, 0.3) is 0 Å². The lowest BCUT2D eigenvalue weighted by atomic mass is 10.1. The predicted molar refractivity (Wildman–Crippen MR) is 61.4 cm³/mol. The van der Waals surface area contributed by atoms with Gasteiger partial charge in [0.15, 0.2) is 6.29 Å². The summed E-state index contributed by atoms with van der Waals surface area (Å²) in [6.07, 6.45) is -0.00189. The van der Waals surface area contributed by atoms with E-state index in [1.54, 1.807) is 7.11 Å². The summed E-state index contributed by atoms with van der Waals surface area (Å²) in [6, 6.07) is 7.80. The normalized spacial score (nSPS) is 30.1. The van der Waals surface area contributed by atoms with E-state index in [-0.39, 0.29) is 12.4 Å². The third-order valence-corrected chi connectivity index (χ3v) is 3.04. The molecule has 16 heavy (non-hydrogen) atoms. The Labute approximate surface area is 96.3 Å². The predicted octanol–water partition coefficient (Wildman–Crippen LogP) is 2.77. The third-order valence-electron chi connectivity index (χ3n) is 3.04. The largest absolute Gasteiger partial charge is 0.497 e. The van der Waals surface area contributed by atoms with Crippen LogP contribution in [-0.4, -0.2) is 19.8 Å². The van der Waals surface area contributed by atoms with Gasteiger partial charge < -0.3 is 14.2 Å². The molecule has 1 aliphatic heterocycles. The fourth-order valence-electron chi connectivity index (χ4n) is 1.68. The highest BCUT2D eigenvalue weighted by molar-refractivity contribution is 5.27. The Hall–Kier alpha value is -1.06. The van der Waals surface area contributed by atoms with Gasteiger partial charge in [-0.3, -0.25) is 0 Å². The number of ether oxygens (including phenoxy) is 3. The highest BCUT2D eigenvalue weighted by Gasteiger charge is 2.26. The second kappa shape index (κ2) is 4.85. The van der Waals surface area contributed by atoms with Crippen molar-refractivity contribution in [1.82, 2.24) is 0 Å². The molecular weight excluding hydrogens is 204 g/mol. The lowest BCUT2D eigenvalue weighted by Crippen LogP contribution is -2.32. The first-order chi connectivity index (χ1) is 7.70. The van der Waals surface area contributed by atoms with Crippen molar-refractivity contribution in [3.05, 3.63) is 29.8 Å². The van der Waals surface area contributed by atoms with Gasteiger partial charge in [-0.1, -0.05) is 19.1 Å². The number of hydrogen-bond acceptors (Lipinski definition) is 3. The molecule has 0 aromatic heterocycles. The van der Waals surface area contributed by atoms with Gasteiger partial charge in [0.05, 0.1) is 19.8 Å². The van der Waals surface area contributed by atoms with Crippen molar-refractivity contribution < 1.29 is 14.2 Å². The summed E-state index contributed by atoms with van der Waals surface area (Å²) < 4.78 is 16.6. The van der Waals surface area contributed by atoms with E-state index in [2.05, 4.69) is 13.8 Å². The molecule has 1 saturated heterocycles. The van der Waals surface area contributed by atoms with Gasteiger partial charge in [-0.2, -0.15) is 0 Å². The van der Waals surface area contributed by atoms with E-state index >= 15 is 0 Å². The summed E-state index contributed by atoms with van der Waals surface area (Å²) in [7, 11) is 1.66. The van der Waals surface area contributed by atoms with Crippen molar-refractivity contribution in [1.29, 1.82) is 0 Å². The molecule has 3 atom stereocenters. The maximum Gasteiger partial charge on any atom is 0.184 e. The topological polar surface area (TPSA) is 27.7 Å². The van der Waals surface area contributed by atoms with Gasteiger partial charge in [0.25, 0.3) is 0 Å². The van der Waals surface area contributed by atoms with Crippen LogP contribution < -0.4 is 4.74 Å². The van der Waals surface area contributed by atoms with Crippen LogP contribution in [0.4, 0.5) is 0 Å². The number of rotatable bonds is 2. The van der Waals surface area contributed by atoms with E-state index in [4.69, 9.17) is 14.2 Å². The van der Waals surface area contributed by atoms with Crippen LogP contribution in [0.3, 0.4) is 0 Å². The first-order valence-corrected chi connectivity index (χ1v) is 5.61. The van der Waals surface area contributed by atoms with E-state index < -0.39 is 0 Å². The molecule has 1 heterocycles. The SMILES string of the molecule is COc1ccc(C2OC[C@H](C)[C@@H](C)O2)cc1. The Balaban J connectivity index is 2.06. The fourth-order valence-corrected chi connectivity index (χ4v) is 1.68. The monoisotopic (exact) mass is 222 g/mol. The quantitative estimate of drug-likeness (QED) is 0.770. The van der Waals surface area contributed by atoms with E-state index in [1.165, 1.54) is 0 Å². The molecule has 0 aliphatic carbocycles. The van der Waals surface area contributed by atoms with Crippen molar-refractivity contribution in [3.8, 4) is 5.75 Å². The zero-order valence-corrected chi connectivity index (χ0v) is 9.97.